The summed E-state index contributed by atoms with van der Waals surface area (Å²) in [6.07, 6.45) is 1.83. The van der Waals surface area contributed by atoms with Gasteiger partial charge in [-0.2, -0.15) is 0 Å². The van der Waals surface area contributed by atoms with Gasteiger partial charge in [0.25, 0.3) is 0 Å². The monoisotopic (exact) mass is 461 g/mol. The number of rotatable bonds is 8. The minimum absolute atomic E-state index is 0.0219. The van der Waals surface area contributed by atoms with Gasteiger partial charge >= 0.3 is 0 Å². The van der Waals surface area contributed by atoms with Crippen LogP contribution in [0.4, 0.5) is 0 Å². The lowest BCUT2D eigenvalue weighted by molar-refractivity contribution is -0.166. The van der Waals surface area contributed by atoms with Crippen molar-refractivity contribution in [2.24, 2.45) is 5.92 Å². The average molecular weight is 462 g/mol. The summed E-state index contributed by atoms with van der Waals surface area (Å²) >= 11 is 0. The molecule has 0 aromatic heterocycles. The standard InChI is InChI=1S/C22H27N3O6S/c1-31-18-7-9-19(10-8-18)32(29,30)20-5-3-2-4-17(20)15-25(28)24-22(27)14-16-6-11-21(26)23-13-12-16/h2-5,7-10,16,28H,6,11-15H2,1H3,(H,23,26)(H,24,27). The molecular weight excluding hydrogens is 434 g/mol. The second kappa shape index (κ2) is 10.6. The maximum Gasteiger partial charge on any atom is 0.236 e. The number of hydrogen-bond donors (Lipinski definition) is 3. The van der Waals surface area contributed by atoms with Gasteiger partial charge in [0.15, 0.2) is 0 Å². The second-order valence-electron chi connectivity index (χ2n) is 7.63. The summed E-state index contributed by atoms with van der Waals surface area (Å²) in [5.74, 6) is 0.147. The molecule has 10 heteroatoms. The predicted octanol–water partition coefficient (Wildman–Crippen LogP) is 2.06. The van der Waals surface area contributed by atoms with E-state index in [9.17, 15) is 23.2 Å². The molecule has 1 atom stereocenters. The third-order valence-corrected chi connectivity index (χ3v) is 7.20. The van der Waals surface area contributed by atoms with Gasteiger partial charge in [-0.25, -0.2) is 8.42 Å². The van der Waals surface area contributed by atoms with Crippen molar-refractivity contribution in [3.8, 4) is 5.75 Å². The van der Waals surface area contributed by atoms with Crippen molar-refractivity contribution in [3.05, 3.63) is 54.1 Å². The highest BCUT2D eigenvalue weighted by atomic mass is 32.2. The molecule has 0 radical (unpaired) electrons. The van der Waals surface area contributed by atoms with Crippen LogP contribution in [-0.4, -0.2) is 44.3 Å². The molecular formula is C22H27N3O6S. The predicted molar refractivity (Wildman–Crippen MR) is 115 cm³/mol. The number of ether oxygens (including phenoxy) is 1. The number of benzene rings is 2. The minimum atomic E-state index is -3.85. The van der Waals surface area contributed by atoms with Crippen molar-refractivity contribution >= 4 is 21.7 Å². The zero-order valence-corrected chi connectivity index (χ0v) is 18.6. The van der Waals surface area contributed by atoms with E-state index in [2.05, 4.69) is 10.7 Å². The Morgan fingerprint density at radius 1 is 1.19 bits per heavy atom. The van der Waals surface area contributed by atoms with Crippen LogP contribution in [0.5, 0.6) is 5.75 Å². The molecule has 0 spiro atoms. The van der Waals surface area contributed by atoms with Crippen LogP contribution in [0.2, 0.25) is 0 Å². The lowest BCUT2D eigenvalue weighted by Gasteiger charge is -2.20. The summed E-state index contributed by atoms with van der Waals surface area (Å²) < 4.78 is 31.3. The van der Waals surface area contributed by atoms with Crippen LogP contribution >= 0.6 is 0 Å². The van der Waals surface area contributed by atoms with E-state index in [-0.39, 0.29) is 34.6 Å². The molecule has 2 aromatic rings. The van der Waals surface area contributed by atoms with Crippen LogP contribution in [0.1, 0.15) is 31.2 Å². The second-order valence-corrected chi connectivity index (χ2v) is 9.54. The summed E-state index contributed by atoms with van der Waals surface area (Å²) in [4.78, 5) is 23.9. The normalized spacial score (nSPS) is 16.8. The van der Waals surface area contributed by atoms with Crippen LogP contribution in [0.15, 0.2) is 58.3 Å². The molecule has 1 aliphatic rings. The van der Waals surface area contributed by atoms with Crippen LogP contribution < -0.4 is 15.5 Å². The maximum atomic E-state index is 13.1. The summed E-state index contributed by atoms with van der Waals surface area (Å²) in [5.41, 5.74) is 2.70. The van der Waals surface area contributed by atoms with Gasteiger partial charge in [0, 0.05) is 19.4 Å². The van der Waals surface area contributed by atoms with E-state index in [0.717, 1.165) is 0 Å². The van der Waals surface area contributed by atoms with Gasteiger partial charge in [0.1, 0.15) is 5.75 Å². The fourth-order valence-electron chi connectivity index (χ4n) is 3.62. The Kier molecular flexibility index (Phi) is 7.84. The van der Waals surface area contributed by atoms with E-state index in [1.54, 1.807) is 30.3 Å². The molecule has 0 bridgehead atoms. The quantitative estimate of drug-likeness (QED) is 0.514. The zero-order valence-electron chi connectivity index (χ0n) is 17.8. The summed E-state index contributed by atoms with van der Waals surface area (Å²) in [7, 11) is -2.35. The summed E-state index contributed by atoms with van der Waals surface area (Å²) in [6, 6.07) is 12.3. The van der Waals surface area contributed by atoms with E-state index in [1.807, 2.05) is 0 Å². The van der Waals surface area contributed by atoms with Crippen LogP contribution in [0.3, 0.4) is 0 Å². The summed E-state index contributed by atoms with van der Waals surface area (Å²) in [6.45, 7) is 0.304. The molecule has 3 N–H and O–H groups in total. The Bertz CT molecular complexity index is 1060. The minimum Gasteiger partial charge on any atom is -0.497 e. The first-order chi connectivity index (χ1) is 15.3. The largest absolute Gasteiger partial charge is 0.497 e. The molecule has 32 heavy (non-hydrogen) atoms. The lowest BCUT2D eigenvalue weighted by Crippen LogP contribution is -2.40. The van der Waals surface area contributed by atoms with Crippen LogP contribution in [-0.2, 0) is 26.0 Å². The first kappa shape index (κ1) is 23.7. The fraction of sp³-hybridized carbons (Fsp3) is 0.364. The smallest absolute Gasteiger partial charge is 0.236 e. The maximum absolute atomic E-state index is 13.1. The van der Waals surface area contributed by atoms with E-state index in [0.29, 0.717) is 42.3 Å². The number of carbonyl (C=O) groups is 2. The van der Waals surface area contributed by atoms with Crippen molar-refractivity contribution < 1.29 is 28.0 Å². The SMILES string of the molecule is COc1ccc(S(=O)(=O)c2ccccc2CN(O)NC(=O)CC2CCNC(=O)CC2)cc1. The number of hydrazine groups is 1. The molecule has 1 aliphatic heterocycles. The number of sulfone groups is 1. The van der Waals surface area contributed by atoms with Gasteiger partial charge in [-0.05, 0) is 54.7 Å². The Hall–Kier alpha value is -2.95. The Labute approximate surface area is 187 Å². The number of carbonyl (C=O) groups excluding carboxylic acids is 2. The molecule has 1 heterocycles. The molecule has 1 saturated heterocycles. The Morgan fingerprint density at radius 2 is 1.91 bits per heavy atom. The van der Waals surface area contributed by atoms with Crippen molar-refractivity contribution in [2.45, 2.75) is 42.0 Å². The van der Waals surface area contributed by atoms with E-state index >= 15 is 0 Å². The molecule has 0 aliphatic carbocycles. The molecule has 2 aromatic carbocycles. The van der Waals surface area contributed by atoms with Crippen molar-refractivity contribution in [3.63, 3.8) is 0 Å². The van der Waals surface area contributed by atoms with Crippen molar-refractivity contribution in [1.29, 1.82) is 0 Å². The van der Waals surface area contributed by atoms with Gasteiger partial charge in [-0.1, -0.05) is 23.4 Å². The van der Waals surface area contributed by atoms with Gasteiger partial charge < -0.3 is 10.1 Å². The first-order valence-corrected chi connectivity index (χ1v) is 11.8. The molecule has 2 amide bonds. The number of amides is 2. The fourth-order valence-corrected chi connectivity index (χ4v) is 5.10. The Morgan fingerprint density at radius 3 is 2.62 bits per heavy atom. The Balaban J connectivity index is 1.67. The average Bonchev–Trinajstić information content (AvgIpc) is 2.97. The van der Waals surface area contributed by atoms with Gasteiger partial charge in [0.05, 0.1) is 23.4 Å². The molecule has 9 nitrogen and oxygen atoms in total. The van der Waals surface area contributed by atoms with E-state index in [4.69, 9.17) is 4.74 Å². The zero-order chi connectivity index (χ0) is 23.1. The third kappa shape index (κ3) is 6.06. The van der Waals surface area contributed by atoms with Gasteiger partial charge in [-0.15, -0.1) is 0 Å². The lowest BCUT2D eigenvalue weighted by atomic mass is 9.97. The number of methoxy groups -OCH3 is 1. The van der Waals surface area contributed by atoms with Crippen molar-refractivity contribution in [2.75, 3.05) is 13.7 Å². The highest BCUT2D eigenvalue weighted by Crippen LogP contribution is 2.26. The van der Waals surface area contributed by atoms with Crippen LogP contribution in [0, 0.1) is 5.92 Å². The molecule has 0 saturated carbocycles. The highest BCUT2D eigenvalue weighted by molar-refractivity contribution is 7.91. The van der Waals surface area contributed by atoms with E-state index < -0.39 is 15.7 Å². The van der Waals surface area contributed by atoms with Gasteiger partial charge in [0.2, 0.25) is 21.7 Å². The molecule has 3 rings (SSSR count). The number of hydrogen-bond acceptors (Lipinski definition) is 7. The van der Waals surface area contributed by atoms with Crippen molar-refractivity contribution in [1.82, 2.24) is 15.9 Å². The molecule has 172 valence electrons. The number of nitrogens with zero attached hydrogens (tertiary/aromatic N) is 1. The van der Waals surface area contributed by atoms with Crippen LogP contribution in [0.25, 0.3) is 0 Å². The van der Waals surface area contributed by atoms with E-state index in [1.165, 1.54) is 25.3 Å². The summed E-state index contributed by atoms with van der Waals surface area (Å²) in [5, 5.41) is 13.6. The number of nitrogens with one attached hydrogen (secondary N) is 2. The molecule has 1 fully saturated rings. The molecule has 1 unspecified atom stereocenters. The number of hydroxylamine groups is 1. The highest BCUT2D eigenvalue weighted by Gasteiger charge is 2.23. The van der Waals surface area contributed by atoms with Gasteiger partial charge in [-0.3, -0.25) is 20.2 Å². The third-order valence-electron chi connectivity index (χ3n) is 5.33. The topological polar surface area (TPSA) is 125 Å². The first-order valence-electron chi connectivity index (χ1n) is 10.3.